The van der Waals surface area contributed by atoms with Crippen LogP contribution in [0.5, 0.6) is 0 Å². The van der Waals surface area contributed by atoms with E-state index in [0.717, 1.165) is 39.0 Å². The van der Waals surface area contributed by atoms with Crippen molar-refractivity contribution >= 4 is 0 Å². The predicted octanol–water partition coefficient (Wildman–Crippen LogP) is 2.37. The van der Waals surface area contributed by atoms with Crippen LogP contribution in [0.3, 0.4) is 0 Å². The lowest BCUT2D eigenvalue weighted by Gasteiger charge is -2.37. The third-order valence-electron chi connectivity index (χ3n) is 3.84. The minimum Gasteiger partial charge on any atom is -0.374 e. The molecule has 21 heavy (non-hydrogen) atoms. The fraction of sp³-hybridized carbons (Fsp3) is 0.688. The second kappa shape index (κ2) is 8.41. The number of hydrogen-bond donors (Lipinski definition) is 1. The Morgan fingerprint density at radius 1 is 1.48 bits per heavy atom. The third-order valence-corrected chi connectivity index (χ3v) is 3.84. The van der Waals surface area contributed by atoms with Crippen molar-refractivity contribution in [3.63, 3.8) is 0 Å². The van der Waals surface area contributed by atoms with Crippen molar-refractivity contribution in [2.24, 2.45) is 0 Å². The first-order valence-corrected chi connectivity index (χ1v) is 7.93. The van der Waals surface area contributed by atoms with E-state index in [0.29, 0.717) is 12.2 Å². The highest BCUT2D eigenvalue weighted by Gasteiger charge is 2.30. The van der Waals surface area contributed by atoms with Crippen LogP contribution < -0.4 is 5.32 Å². The molecule has 118 valence electrons. The zero-order valence-corrected chi connectivity index (χ0v) is 13.0. The van der Waals surface area contributed by atoms with Gasteiger partial charge in [0.15, 0.2) is 0 Å². The van der Waals surface area contributed by atoms with Gasteiger partial charge in [0.25, 0.3) is 0 Å². The lowest BCUT2D eigenvalue weighted by Crippen LogP contribution is -2.48. The van der Waals surface area contributed by atoms with E-state index in [1.165, 1.54) is 6.20 Å². The van der Waals surface area contributed by atoms with Gasteiger partial charge in [-0.15, -0.1) is 0 Å². The summed E-state index contributed by atoms with van der Waals surface area (Å²) in [6, 6.07) is 1.64. The van der Waals surface area contributed by atoms with E-state index in [4.69, 9.17) is 4.74 Å². The van der Waals surface area contributed by atoms with E-state index in [1.54, 1.807) is 12.3 Å². The van der Waals surface area contributed by atoms with Crippen molar-refractivity contribution in [3.8, 4) is 0 Å². The van der Waals surface area contributed by atoms with Crippen LogP contribution in [0.4, 0.5) is 4.39 Å². The van der Waals surface area contributed by atoms with E-state index in [2.05, 4.69) is 29.0 Å². The first kappa shape index (κ1) is 16.3. The summed E-state index contributed by atoms with van der Waals surface area (Å²) in [6.07, 6.45) is 5.04. The Balaban J connectivity index is 2.13. The summed E-state index contributed by atoms with van der Waals surface area (Å²) in [4.78, 5) is 6.24. The van der Waals surface area contributed by atoms with Crippen LogP contribution in [0.25, 0.3) is 0 Å². The second-order valence-corrected chi connectivity index (χ2v) is 5.54. The van der Waals surface area contributed by atoms with Crippen LogP contribution in [-0.4, -0.2) is 48.8 Å². The van der Waals surface area contributed by atoms with Gasteiger partial charge in [-0.25, -0.2) is 4.39 Å². The van der Waals surface area contributed by atoms with Crippen LogP contribution in [-0.2, 0) is 4.74 Å². The molecule has 1 N–H and O–H groups in total. The normalized spacial score (nSPS) is 21.4. The molecule has 0 spiro atoms. The Kier molecular flexibility index (Phi) is 6.54. The largest absolute Gasteiger partial charge is 0.374 e. The van der Waals surface area contributed by atoms with Gasteiger partial charge in [0, 0.05) is 24.8 Å². The van der Waals surface area contributed by atoms with Crippen LogP contribution in [0.1, 0.15) is 38.3 Å². The lowest BCUT2D eigenvalue weighted by molar-refractivity contribution is -0.0475. The molecule has 1 fully saturated rings. The molecule has 2 unspecified atom stereocenters. The Labute approximate surface area is 126 Å². The maximum atomic E-state index is 14.1. The first-order valence-electron chi connectivity index (χ1n) is 7.93. The summed E-state index contributed by atoms with van der Waals surface area (Å²) in [5.74, 6) is -0.262. The van der Waals surface area contributed by atoms with Gasteiger partial charge in [-0.2, -0.15) is 0 Å². The Hall–Kier alpha value is -1.04. The Morgan fingerprint density at radius 2 is 2.33 bits per heavy atom. The van der Waals surface area contributed by atoms with Crippen molar-refractivity contribution in [1.82, 2.24) is 15.2 Å². The Bertz CT molecular complexity index is 428. The minimum atomic E-state index is -0.262. The van der Waals surface area contributed by atoms with Gasteiger partial charge < -0.3 is 10.1 Å². The maximum absolute atomic E-state index is 14.1. The van der Waals surface area contributed by atoms with Crippen molar-refractivity contribution in [2.45, 2.75) is 38.8 Å². The molecule has 1 aromatic heterocycles. The summed E-state index contributed by atoms with van der Waals surface area (Å²) in [6.45, 7) is 8.72. The molecular formula is C16H26FN3O. The summed E-state index contributed by atoms with van der Waals surface area (Å²) >= 11 is 0. The third kappa shape index (κ3) is 4.46. The molecule has 0 bridgehead atoms. The number of pyridine rings is 1. The molecule has 0 aromatic carbocycles. The number of morpholine rings is 1. The van der Waals surface area contributed by atoms with E-state index in [-0.39, 0.29) is 18.0 Å². The van der Waals surface area contributed by atoms with Crippen molar-refractivity contribution in [3.05, 3.63) is 29.8 Å². The summed E-state index contributed by atoms with van der Waals surface area (Å²) in [5, 5.41) is 3.44. The van der Waals surface area contributed by atoms with Crippen LogP contribution in [0.15, 0.2) is 18.5 Å². The predicted molar refractivity (Wildman–Crippen MR) is 81.7 cm³/mol. The molecule has 1 aliphatic rings. The lowest BCUT2D eigenvalue weighted by atomic mass is 10.00. The van der Waals surface area contributed by atoms with Crippen molar-refractivity contribution in [2.75, 3.05) is 32.8 Å². The highest BCUT2D eigenvalue weighted by molar-refractivity contribution is 5.19. The monoisotopic (exact) mass is 295 g/mol. The smallest absolute Gasteiger partial charge is 0.146 e. The van der Waals surface area contributed by atoms with Crippen molar-refractivity contribution < 1.29 is 9.13 Å². The molecular weight excluding hydrogens is 269 g/mol. The number of aromatic nitrogens is 1. The molecule has 0 saturated carbocycles. The molecule has 5 heteroatoms. The molecule has 0 aliphatic carbocycles. The first-order chi connectivity index (χ1) is 10.3. The van der Waals surface area contributed by atoms with E-state index in [1.807, 2.05) is 0 Å². The summed E-state index contributed by atoms with van der Waals surface area (Å²) < 4.78 is 20.0. The number of hydrogen-bond acceptors (Lipinski definition) is 4. The van der Waals surface area contributed by atoms with Crippen molar-refractivity contribution in [1.29, 1.82) is 0 Å². The molecule has 1 saturated heterocycles. The molecule has 2 atom stereocenters. The molecule has 0 radical (unpaired) electrons. The van der Waals surface area contributed by atoms with E-state index >= 15 is 0 Å². The van der Waals surface area contributed by atoms with Gasteiger partial charge in [-0.05, 0) is 32.0 Å². The zero-order chi connectivity index (χ0) is 15.1. The van der Waals surface area contributed by atoms with E-state index < -0.39 is 0 Å². The molecule has 4 nitrogen and oxygen atoms in total. The maximum Gasteiger partial charge on any atom is 0.146 e. The van der Waals surface area contributed by atoms with Gasteiger partial charge >= 0.3 is 0 Å². The average Bonchev–Trinajstić information content (AvgIpc) is 2.50. The van der Waals surface area contributed by atoms with Crippen LogP contribution in [0.2, 0.25) is 0 Å². The molecule has 0 amide bonds. The SMILES string of the molecule is CCCNC(c1ccncc1F)C1CN(CCC)CCO1. The number of nitrogens with one attached hydrogen (secondary N) is 1. The van der Waals surface area contributed by atoms with Gasteiger partial charge in [-0.3, -0.25) is 9.88 Å². The van der Waals surface area contributed by atoms with Crippen LogP contribution >= 0.6 is 0 Å². The molecule has 1 aliphatic heterocycles. The summed E-state index contributed by atoms with van der Waals surface area (Å²) in [7, 11) is 0. The fourth-order valence-electron chi connectivity index (χ4n) is 2.83. The number of halogens is 1. The van der Waals surface area contributed by atoms with Crippen LogP contribution in [0, 0.1) is 5.82 Å². The molecule has 2 rings (SSSR count). The Morgan fingerprint density at radius 3 is 3.05 bits per heavy atom. The fourth-order valence-corrected chi connectivity index (χ4v) is 2.83. The molecule has 1 aromatic rings. The standard InChI is InChI=1S/C16H26FN3O/c1-3-6-19-16(13-5-7-18-11-14(13)17)15-12-20(8-4-2)9-10-21-15/h5,7,11,15-16,19H,3-4,6,8-10,12H2,1-2H3. The quantitative estimate of drug-likeness (QED) is 0.838. The van der Waals surface area contributed by atoms with Gasteiger partial charge in [0.1, 0.15) is 5.82 Å². The number of ether oxygens (including phenoxy) is 1. The molecule has 2 heterocycles. The zero-order valence-electron chi connectivity index (χ0n) is 13.0. The van der Waals surface area contributed by atoms with Gasteiger partial charge in [-0.1, -0.05) is 13.8 Å². The highest BCUT2D eigenvalue weighted by Crippen LogP contribution is 2.24. The minimum absolute atomic E-state index is 0.0197. The van der Waals surface area contributed by atoms with E-state index in [9.17, 15) is 4.39 Å². The second-order valence-electron chi connectivity index (χ2n) is 5.54. The highest BCUT2D eigenvalue weighted by atomic mass is 19.1. The topological polar surface area (TPSA) is 37.4 Å². The number of rotatable bonds is 7. The average molecular weight is 295 g/mol. The number of nitrogens with zero attached hydrogens (tertiary/aromatic N) is 2. The van der Waals surface area contributed by atoms with Gasteiger partial charge in [0.2, 0.25) is 0 Å². The van der Waals surface area contributed by atoms with Gasteiger partial charge in [0.05, 0.1) is 24.9 Å². The summed E-state index contributed by atoms with van der Waals surface area (Å²) in [5.41, 5.74) is 0.654.